The number of phenolic OH excluding ortho intramolecular Hbond substituents is 1. The molecule has 0 spiro atoms. The number of rotatable bonds is 10. The highest BCUT2D eigenvalue weighted by Gasteiger charge is 2.15. The van der Waals surface area contributed by atoms with E-state index >= 15 is 0 Å². The smallest absolute Gasteiger partial charge is 0.280 e. The van der Waals surface area contributed by atoms with Crippen molar-refractivity contribution >= 4 is 14.9 Å². The van der Waals surface area contributed by atoms with Crippen molar-refractivity contribution in [3.8, 4) is 5.75 Å². The fourth-order valence-corrected chi connectivity index (χ4v) is 3.60. The molecule has 0 saturated carbocycles. The monoisotopic (exact) mass is 352 g/mol. The van der Waals surface area contributed by atoms with E-state index in [0.717, 1.165) is 24.0 Å². The van der Waals surface area contributed by atoms with E-state index in [1.165, 1.54) is 24.4 Å². The second kappa shape index (κ2) is 10.8. The average molecular weight is 353 g/mol. The predicted octanol–water partition coefficient (Wildman–Crippen LogP) is 5.36. The predicted molar refractivity (Wildman–Crippen MR) is 106 cm³/mol. The van der Waals surface area contributed by atoms with Crippen molar-refractivity contribution in [2.75, 3.05) is 0 Å². The Bertz CT molecular complexity index is 658. The zero-order valence-corrected chi connectivity index (χ0v) is 16.3. The van der Waals surface area contributed by atoms with Gasteiger partial charge in [-0.15, -0.1) is 0 Å². The third kappa shape index (κ3) is 6.13. The molecule has 1 unspecified atom stereocenters. The Morgan fingerprint density at radius 2 is 1.80 bits per heavy atom. The van der Waals surface area contributed by atoms with Gasteiger partial charge in [0.05, 0.1) is 6.54 Å². The molecule has 0 fully saturated rings. The third-order valence-electron chi connectivity index (χ3n) is 4.50. The summed E-state index contributed by atoms with van der Waals surface area (Å²) >= 11 is 0. The number of nitrogens with zero attached hydrogens (tertiary/aromatic N) is 2. The van der Waals surface area contributed by atoms with Gasteiger partial charge in [-0.25, -0.2) is 4.78 Å². The van der Waals surface area contributed by atoms with Gasteiger partial charge < -0.3 is 5.11 Å². The second-order valence-electron chi connectivity index (χ2n) is 6.33. The highest BCUT2D eigenvalue weighted by molar-refractivity contribution is 6.51. The van der Waals surface area contributed by atoms with Crippen LogP contribution in [0.5, 0.6) is 5.75 Å². The highest BCUT2D eigenvalue weighted by atomic mass is 28.2. The second-order valence-corrected chi connectivity index (χ2v) is 7.33. The van der Waals surface area contributed by atoms with Gasteiger partial charge in [0, 0.05) is 5.56 Å². The van der Waals surface area contributed by atoms with Gasteiger partial charge in [0.1, 0.15) is 5.75 Å². The van der Waals surface area contributed by atoms with Crippen molar-refractivity contribution in [3.63, 3.8) is 0 Å². The summed E-state index contributed by atoms with van der Waals surface area (Å²) in [5, 5.41) is 16.1. The molecule has 0 aliphatic carbocycles. The van der Waals surface area contributed by atoms with Crippen molar-refractivity contribution in [2.45, 2.75) is 58.4 Å². The van der Waals surface area contributed by atoms with Crippen LogP contribution in [0.4, 0.5) is 0 Å². The van der Waals surface area contributed by atoms with E-state index in [9.17, 15) is 5.11 Å². The molecular weight excluding hydrogens is 324 g/mol. The van der Waals surface area contributed by atoms with Crippen LogP contribution in [0.25, 0.3) is 0 Å². The summed E-state index contributed by atoms with van der Waals surface area (Å²) in [5.41, 5.74) is 1.94. The number of hydrogen-bond donors (Lipinski definition) is 1. The van der Waals surface area contributed by atoms with Crippen molar-refractivity contribution in [3.05, 3.63) is 59.7 Å². The number of unbranched alkanes of at least 4 members (excludes halogenated alkanes) is 2. The Hall–Kier alpha value is -1.94. The number of benzene rings is 2. The van der Waals surface area contributed by atoms with Gasteiger partial charge >= 0.3 is 0 Å². The molecule has 0 aliphatic heterocycles. The molecule has 1 N–H and O–H groups in total. The van der Waals surface area contributed by atoms with Gasteiger partial charge in [-0.1, -0.05) is 81.6 Å². The zero-order valence-electron chi connectivity index (χ0n) is 15.3. The standard InChI is InChI=1S/C21H28N2OSi/c1-3-5-7-11-17(4-2)20-15-10-12-18(21(20)24)16-22-23-25-19-13-8-6-9-14-19/h6,8-10,12-15,17,24H,3-5,7,11,16H2,1-2H3. The number of aromatic hydroxyl groups is 1. The summed E-state index contributed by atoms with van der Waals surface area (Å²) in [6.45, 7) is 4.86. The van der Waals surface area contributed by atoms with Crippen LogP contribution in [0.3, 0.4) is 0 Å². The summed E-state index contributed by atoms with van der Waals surface area (Å²) in [6, 6.07) is 16.2. The molecule has 2 aromatic carbocycles. The first-order valence-electron chi connectivity index (χ1n) is 9.24. The normalized spacial score (nSPS) is 12.6. The first-order chi connectivity index (χ1) is 12.3. The third-order valence-corrected chi connectivity index (χ3v) is 5.34. The van der Waals surface area contributed by atoms with Crippen LogP contribution in [-0.2, 0) is 6.54 Å². The van der Waals surface area contributed by atoms with Gasteiger partial charge in [-0.2, -0.15) is 5.11 Å². The van der Waals surface area contributed by atoms with Crippen molar-refractivity contribution in [1.29, 1.82) is 0 Å². The molecule has 0 heterocycles. The fourth-order valence-electron chi connectivity index (χ4n) is 3.01. The Kier molecular flexibility index (Phi) is 8.39. The van der Waals surface area contributed by atoms with Gasteiger partial charge in [0.15, 0.2) is 0 Å². The van der Waals surface area contributed by atoms with Crippen LogP contribution < -0.4 is 5.19 Å². The summed E-state index contributed by atoms with van der Waals surface area (Å²) in [7, 11) is 0.322. The van der Waals surface area contributed by atoms with Gasteiger partial charge in [0.2, 0.25) is 0 Å². The lowest BCUT2D eigenvalue weighted by atomic mass is 9.89. The summed E-state index contributed by atoms with van der Waals surface area (Å²) in [4.78, 5) is 0. The molecule has 3 nitrogen and oxygen atoms in total. The number of para-hydroxylation sites is 1. The maximum Gasteiger partial charge on any atom is 0.280 e. The largest absolute Gasteiger partial charge is 0.507 e. The SMILES string of the molecule is CCCCCC(CC)c1cccc(CN=N[Si]c2ccccc2)c1O. The van der Waals surface area contributed by atoms with Crippen molar-refractivity contribution < 1.29 is 5.11 Å². The van der Waals surface area contributed by atoms with Crippen molar-refractivity contribution in [1.82, 2.24) is 0 Å². The Labute approximate surface area is 154 Å². The van der Waals surface area contributed by atoms with Crippen molar-refractivity contribution in [2.24, 2.45) is 9.89 Å². The van der Waals surface area contributed by atoms with Crippen LogP contribution in [0, 0.1) is 0 Å². The first-order valence-corrected chi connectivity index (χ1v) is 10.2. The van der Waals surface area contributed by atoms with Crippen LogP contribution >= 0.6 is 0 Å². The average Bonchev–Trinajstić information content (AvgIpc) is 2.65. The molecule has 0 bridgehead atoms. The molecule has 2 aromatic rings. The van der Waals surface area contributed by atoms with E-state index in [-0.39, 0.29) is 0 Å². The molecule has 0 aliphatic rings. The van der Waals surface area contributed by atoms with E-state index in [0.29, 0.717) is 27.9 Å². The van der Waals surface area contributed by atoms with E-state index in [1.54, 1.807) is 0 Å². The maximum absolute atomic E-state index is 10.7. The lowest BCUT2D eigenvalue weighted by Gasteiger charge is -2.18. The Morgan fingerprint density at radius 1 is 1.00 bits per heavy atom. The molecule has 4 heteroatoms. The molecule has 0 amide bonds. The highest BCUT2D eigenvalue weighted by Crippen LogP contribution is 2.34. The summed E-state index contributed by atoms with van der Waals surface area (Å²) in [5.74, 6) is 0.836. The molecule has 132 valence electrons. The Balaban J connectivity index is 1.99. The maximum atomic E-state index is 10.7. The van der Waals surface area contributed by atoms with Crippen LogP contribution in [0.1, 0.15) is 63.0 Å². The van der Waals surface area contributed by atoms with E-state index in [4.69, 9.17) is 0 Å². The molecule has 0 saturated heterocycles. The van der Waals surface area contributed by atoms with E-state index in [1.807, 2.05) is 30.3 Å². The molecule has 2 rings (SSSR count). The van der Waals surface area contributed by atoms with E-state index < -0.39 is 0 Å². The first kappa shape index (κ1) is 19.4. The minimum absolute atomic E-state index is 0.322. The van der Waals surface area contributed by atoms with Gasteiger partial charge in [-0.05, 0) is 29.5 Å². The molecule has 1 atom stereocenters. The molecule has 25 heavy (non-hydrogen) atoms. The van der Waals surface area contributed by atoms with Crippen LogP contribution in [0.2, 0.25) is 0 Å². The molecule has 2 radical (unpaired) electrons. The topological polar surface area (TPSA) is 45.0 Å². The summed E-state index contributed by atoms with van der Waals surface area (Å²) in [6.07, 6.45) is 5.89. The molecule has 0 aromatic heterocycles. The minimum atomic E-state index is 0.322. The Morgan fingerprint density at radius 3 is 2.52 bits per heavy atom. The summed E-state index contributed by atoms with van der Waals surface area (Å²) < 4.78 is 4.28. The van der Waals surface area contributed by atoms with Crippen LogP contribution in [-0.4, -0.2) is 14.8 Å². The fraction of sp³-hybridized carbons (Fsp3) is 0.429. The zero-order chi connectivity index (χ0) is 17.9. The minimum Gasteiger partial charge on any atom is -0.507 e. The number of hydrogen-bond acceptors (Lipinski definition) is 3. The lowest BCUT2D eigenvalue weighted by Crippen LogP contribution is -2.09. The van der Waals surface area contributed by atoms with Gasteiger partial charge in [-0.3, -0.25) is 0 Å². The number of phenols is 1. The quantitative estimate of drug-likeness (QED) is 0.349. The van der Waals surface area contributed by atoms with Crippen LogP contribution in [0.15, 0.2) is 58.4 Å². The lowest BCUT2D eigenvalue weighted by molar-refractivity contribution is 0.445. The van der Waals surface area contributed by atoms with E-state index in [2.05, 4.69) is 41.9 Å². The van der Waals surface area contributed by atoms with Gasteiger partial charge in [0.25, 0.3) is 9.68 Å². The molecular formula is C21H28N2OSi.